The second-order valence-corrected chi connectivity index (χ2v) is 3.44. The number of nitrogens with zero attached hydrogens (tertiary/aromatic N) is 2. The van der Waals surface area contributed by atoms with Crippen molar-refractivity contribution in [3.8, 4) is 0 Å². The van der Waals surface area contributed by atoms with Crippen molar-refractivity contribution in [1.29, 1.82) is 0 Å². The molecule has 0 aliphatic rings. The third kappa shape index (κ3) is 3.15. The van der Waals surface area contributed by atoms with Crippen molar-refractivity contribution in [2.24, 2.45) is 0 Å². The summed E-state index contributed by atoms with van der Waals surface area (Å²) in [5.74, 6) is 1.15. The van der Waals surface area contributed by atoms with Crippen LogP contribution in [0.15, 0.2) is 0 Å². The van der Waals surface area contributed by atoms with E-state index >= 15 is 0 Å². The lowest BCUT2D eigenvalue weighted by Gasteiger charge is -2.07. The lowest BCUT2D eigenvalue weighted by atomic mass is 10.4. The van der Waals surface area contributed by atoms with Gasteiger partial charge in [0, 0.05) is 6.54 Å². The van der Waals surface area contributed by atoms with Crippen molar-refractivity contribution >= 4 is 46.8 Å². The number of nitrogens with two attached hydrogens (primary N) is 1. The van der Waals surface area contributed by atoms with E-state index < -0.39 is 0 Å². The normalized spacial score (nSPS) is 9.15. The Bertz CT molecular complexity index is 292. The molecular weight excluding hydrogens is 302 g/mol. The van der Waals surface area contributed by atoms with Gasteiger partial charge in [0.05, 0.1) is 9.26 Å². The summed E-state index contributed by atoms with van der Waals surface area (Å²) in [6, 6.07) is 0. The number of nitrogen functional groups attached to an aromatic ring is 1. The molecule has 0 spiro atoms. The summed E-state index contributed by atoms with van der Waals surface area (Å²) in [5, 5.41) is 3.12. The number of hydrogen-bond donors (Lipinski definition) is 2. The predicted octanol–water partition coefficient (Wildman–Crippen LogP) is 1.83. The highest BCUT2D eigenvalue weighted by Gasteiger charge is 2.05. The van der Waals surface area contributed by atoms with Crippen molar-refractivity contribution in [3.63, 3.8) is 0 Å². The van der Waals surface area contributed by atoms with Gasteiger partial charge in [0.25, 0.3) is 0 Å². The smallest absolute Gasteiger partial charge is 0.222 e. The Kier molecular flexibility index (Phi) is 5.31. The Hall–Kier alpha value is -0.300. The van der Waals surface area contributed by atoms with Crippen LogP contribution in [-0.2, 0) is 0 Å². The van der Waals surface area contributed by atoms with Crippen LogP contribution in [0, 0.1) is 10.5 Å². The quantitative estimate of drug-likeness (QED) is 0.818. The topological polar surface area (TPSA) is 63.8 Å². The van der Waals surface area contributed by atoms with Crippen LogP contribution >= 0.6 is 35.0 Å². The van der Waals surface area contributed by atoms with Gasteiger partial charge in [0.1, 0.15) is 5.82 Å². The molecule has 0 saturated heterocycles. The number of nitrogens with one attached hydrogen (secondary N) is 1. The van der Waals surface area contributed by atoms with Crippen LogP contribution in [0.4, 0.5) is 11.8 Å². The van der Waals surface area contributed by atoms with Crippen molar-refractivity contribution in [3.05, 3.63) is 9.26 Å². The van der Waals surface area contributed by atoms with Gasteiger partial charge < -0.3 is 11.1 Å². The maximum atomic E-state index is 5.49. The summed E-state index contributed by atoms with van der Waals surface area (Å²) in [7, 11) is 0. The molecule has 0 aromatic carbocycles. The van der Waals surface area contributed by atoms with Crippen LogP contribution < -0.4 is 11.1 Å². The molecule has 0 aliphatic heterocycles. The fourth-order valence-electron chi connectivity index (χ4n) is 0.865. The molecule has 13 heavy (non-hydrogen) atoms. The minimum Gasteiger partial charge on any atom is -0.369 e. The summed E-state index contributed by atoms with van der Waals surface area (Å²) in [5.41, 5.74) is 6.41. The first kappa shape index (κ1) is 12.7. The second kappa shape index (κ2) is 5.43. The lowest BCUT2D eigenvalue weighted by molar-refractivity contribution is 1.07. The molecule has 1 aromatic heterocycles. The average Bonchev–Trinajstić information content (AvgIpc) is 2.00. The van der Waals surface area contributed by atoms with E-state index in [0.29, 0.717) is 5.95 Å². The number of anilines is 2. The maximum absolute atomic E-state index is 5.49. The average molecular weight is 315 g/mol. The first-order chi connectivity index (χ1) is 5.65. The van der Waals surface area contributed by atoms with E-state index in [1.165, 1.54) is 0 Å². The van der Waals surface area contributed by atoms with E-state index in [2.05, 4.69) is 37.9 Å². The van der Waals surface area contributed by atoms with Gasteiger partial charge in [-0.1, -0.05) is 0 Å². The molecule has 0 aliphatic carbocycles. The summed E-state index contributed by atoms with van der Waals surface area (Å²) >= 11 is 2.20. The lowest BCUT2D eigenvalue weighted by Crippen LogP contribution is -2.07. The second-order valence-electron chi connectivity index (χ2n) is 2.36. The van der Waals surface area contributed by atoms with Crippen LogP contribution in [0.2, 0.25) is 0 Å². The third-order valence-corrected chi connectivity index (χ3v) is 2.67. The van der Waals surface area contributed by atoms with Gasteiger partial charge in [0.15, 0.2) is 0 Å². The monoisotopic (exact) mass is 314 g/mol. The number of rotatable bonds is 2. The molecule has 0 radical (unpaired) electrons. The SMILES string of the molecule is CCNc1nc(N)nc(C)c1I.Cl. The summed E-state index contributed by atoms with van der Waals surface area (Å²) in [6.07, 6.45) is 0. The zero-order valence-electron chi connectivity index (χ0n) is 7.47. The Labute approximate surface area is 97.3 Å². The number of hydrogen-bond acceptors (Lipinski definition) is 4. The van der Waals surface area contributed by atoms with Gasteiger partial charge in [-0.3, -0.25) is 0 Å². The Morgan fingerprint density at radius 3 is 2.62 bits per heavy atom. The molecule has 0 bridgehead atoms. The molecule has 0 atom stereocenters. The fourth-order valence-corrected chi connectivity index (χ4v) is 1.30. The summed E-state index contributed by atoms with van der Waals surface area (Å²) in [6.45, 7) is 4.77. The highest BCUT2D eigenvalue weighted by atomic mass is 127. The van der Waals surface area contributed by atoms with Gasteiger partial charge >= 0.3 is 0 Å². The number of aryl methyl sites for hydroxylation is 1. The largest absolute Gasteiger partial charge is 0.369 e. The van der Waals surface area contributed by atoms with Gasteiger partial charge in [-0.25, -0.2) is 4.98 Å². The third-order valence-electron chi connectivity index (χ3n) is 1.38. The molecule has 1 aromatic rings. The molecule has 74 valence electrons. The fraction of sp³-hybridized carbons (Fsp3) is 0.429. The molecule has 1 heterocycles. The molecule has 4 nitrogen and oxygen atoms in total. The highest BCUT2D eigenvalue weighted by molar-refractivity contribution is 14.1. The Morgan fingerprint density at radius 2 is 2.08 bits per heavy atom. The van der Waals surface area contributed by atoms with E-state index in [9.17, 15) is 0 Å². The first-order valence-corrected chi connectivity index (χ1v) is 4.76. The van der Waals surface area contributed by atoms with E-state index in [0.717, 1.165) is 21.6 Å². The highest BCUT2D eigenvalue weighted by Crippen LogP contribution is 2.18. The van der Waals surface area contributed by atoms with Gasteiger partial charge in [-0.2, -0.15) is 4.98 Å². The maximum Gasteiger partial charge on any atom is 0.222 e. The molecule has 3 N–H and O–H groups in total. The molecule has 0 amide bonds. The van der Waals surface area contributed by atoms with Crippen LogP contribution in [0.5, 0.6) is 0 Å². The molecule has 0 fully saturated rings. The van der Waals surface area contributed by atoms with Crippen molar-refractivity contribution in [2.45, 2.75) is 13.8 Å². The molecule has 6 heteroatoms. The van der Waals surface area contributed by atoms with Crippen LogP contribution in [0.1, 0.15) is 12.6 Å². The van der Waals surface area contributed by atoms with Gasteiger partial charge in [-0.05, 0) is 36.4 Å². The van der Waals surface area contributed by atoms with E-state index in [1.54, 1.807) is 0 Å². The molecule has 0 saturated carbocycles. The molecule has 0 unspecified atom stereocenters. The van der Waals surface area contributed by atoms with E-state index in [1.807, 2.05) is 13.8 Å². The minimum atomic E-state index is 0. The van der Waals surface area contributed by atoms with E-state index in [-0.39, 0.29) is 12.4 Å². The van der Waals surface area contributed by atoms with E-state index in [4.69, 9.17) is 5.73 Å². The van der Waals surface area contributed by atoms with Crippen LogP contribution in [0.25, 0.3) is 0 Å². The first-order valence-electron chi connectivity index (χ1n) is 3.68. The van der Waals surface area contributed by atoms with Crippen LogP contribution in [-0.4, -0.2) is 16.5 Å². The Balaban J connectivity index is 0.00000144. The predicted molar refractivity (Wildman–Crippen MR) is 65.3 cm³/mol. The van der Waals surface area contributed by atoms with Crippen LogP contribution in [0.3, 0.4) is 0 Å². The molecular formula is C7H12ClIN4. The summed E-state index contributed by atoms with van der Waals surface area (Å²) < 4.78 is 1.03. The Morgan fingerprint density at radius 1 is 1.46 bits per heavy atom. The number of halogens is 2. The van der Waals surface area contributed by atoms with Crippen molar-refractivity contribution < 1.29 is 0 Å². The minimum absolute atomic E-state index is 0. The van der Waals surface area contributed by atoms with Crippen molar-refractivity contribution in [2.75, 3.05) is 17.6 Å². The number of aromatic nitrogens is 2. The molecule has 1 rings (SSSR count). The summed E-state index contributed by atoms with van der Waals surface area (Å²) in [4.78, 5) is 8.11. The zero-order valence-corrected chi connectivity index (χ0v) is 10.4. The zero-order chi connectivity index (χ0) is 9.14. The van der Waals surface area contributed by atoms with Crippen molar-refractivity contribution in [1.82, 2.24) is 9.97 Å². The van der Waals surface area contributed by atoms with Gasteiger partial charge in [-0.15, -0.1) is 12.4 Å². The standard InChI is InChI=1S/C7H11IN4.ClH/c1-3-10-6-5(8)4(2)11-7(9)12-6;/h3H2,1-2H3,(H3,9,10,11,12);1H. The van der Waals surface area contributed by atoms with Gasteiger partial charge in [0.2, 0.25) is 5.95 Å².